The third kappa shape index (κ3) is 3.46. The average Bonchev–Trinajstić information content (AvgIpc) is 2.47. The van der Waals surface area contributed by atoms with Crippen molar-refractivity contribution in [1.82, 2.24) is 0 Å². The Balaban J connectivity index is 2.28. The Bertz CT molecular complexity index is 673. The van der Waals surface area contributed by atoms with Crippen molar-refractivity contribution < 1.29 is 19.4 Å². The zero-order chi connectivity index (χ0) is 15.4. The molecule has 0 unspecified atom stereocenters. The number of methoxy groups -OCH3 is 2. The largest absolute Gasteiger partial charge is 0.507 e. The van der Waals surface area contributed by atoms with Crippen LogP contribution >= 0.6 is 15.9 Å². The summed E-state index contributed by atoms with van der Waals surface area (Å²) in [6, 6.07) is 9.73. The summed E-state index contributed by atoms with van der Waals surface area (Å²) >= 11 is 3.33. The highest BCUT2D eigenvalue weighted by molar-refractivity contribution is 9.10. The molecule has 0 bridgehead atoms. The van der Waals surface area contributed by atoms with Crippen molar-refractivity contribution in [2.45, 2.75) is 0 Å². The molecule has 21 heavy (non-hydrogen) atoms. The van der Waals surface area contributed by atoms with Crippen LogP contribution in [0.5, 0.6) is 17.2 Å². The molecule has 2 N–H and O–H groups in total. The van der Waals surface area contributed by atoms with Crippen LogP contribution in [-0.4, -0.2) is 25.2 Å². The SMILES string of the molecule is COc1ccc(C(=O)Nc2cc(Br)ccc2OC)c(O)c1. The molecule has 5 nitrogen and oxygen atoms in total. The Hall–Kier alpha value is -2.21. The first-order chi connectivity index (χ1) is 10.0. The number of ether oxygens (including phenoxy) is 2. The van der Waals surface area contributed by atoms with Crippen LogP contribution in [0, 0.1) is 0 Å². The number of carbonyl (C=O) groups excluding carboxylic acids is 1. The maximum absolute atomic E-state index is 12.2. The second-order valence-electron chi connectivity index (χ2n) is 4.18. The fraction of sp³-hybridized carbons (Fsp3) is 0.133. The Labute approximate surface area is 130 Å². The highest BCUT2D eigenvalue weighted by atomic mass is 79.9. The van der Waals surface area contributed by atoms with Gasteiger partial charge in [-0.15, -0.1) is 0 Å². The number of amides is 1. The number of phenolic OH excluding ortho intramolecular Hbond substituents is 1. The molecular weight excluding hydrogens is 338 g/mol. The molecule has 2 aromatic rings. The van der Waals surface area contributed by atoms with E-state index >= 15 is 0 Å². The van der Waals surface area contributed by atoms with Gasteiger partial charge in [-0.3, -0.25) is 4.79 Å². The molecular formula is C15H14BrNO4. The number of benzene rings is 2. The molecule has 0 saturated carbocycles. The van der Waals surface area contributed by atoms with Crippen LogP contribution < -0.4 is 14.8 Å². The van der Waals surface area contributed by atoms with Crippen molar-refractivity contribution in [3.63, 3.8) is 0 Å². The summed E-state index contributed by atoms with van der Waals surface area (Å²) in [5.74, 6) is 0.413. The van der Waals surface area contributed by atoms with Crippen LogP contribution in [0.25, 0.3) is 0 Å². The van der Waals surface area contributed by atoms with Crippen molar-refractivity contribution in [1.29, 1.82) is 0 Å². The van der Waals surface area contributed by atoms with E-state index in [4.69, 9.17) is 9.47 Å². The summed E-state index contributed by atoms with van der Waals surface area (Å²) in [6.07, 6.45) is 0. The van der Waals surface area contributed by atoms with Crippen LogP contribution in [-0.2, 0) is 0 Å². The third-order valence-corrected chi connectivity index (χ3v) is 3.35. The zero-order valence-electron chi connectivity index (χ0n) is 11.5. The molecule has 0 heterocycles. The van der Waals surface area contributed by atoms with Gasteiger partial charge < -0.3 is 19.9 Å². The number of phenols is 1. The van der Waals surface area contributed by atoms with Gasteiger partial charge in [0, 0.05) is 10.5 Å². The lowest BCUT2D eigenvalue weighted by Crippen LogP contribution is -2.13. The molecule has 0 aromatic heterocycles. The molecule has 0 aliphatic rings. The van der Waals surface area contributed by atoms with E-state index < -0.39 is 5.91 Å². The highest BCUT2D eigenvalue weighted by Crippen LogP contribution is 2.30. The number of halogens is 1. The highest BCUT2D eigenvalue weighted by Gasteiger charge is 2.14. The second kappa shape index (κ2) is 6.49. The number of hydrogen-bond donors (Lipinski definition) is 2. The molecule has 110 valence electrons. The monoisotopic (exact) mass is 351 g/mol. The van der Waals surface area contributed by atoms with Crippen molar-refractivity contribution in [2.75, 3.05) is 19.5 Å². The van der Waals surface area contributed by atoms with Gasteiger partial charge in [0.15, 0.2) is 0 Å². The van der Waals surface area contributed by atoms with Crippen LogP contribution in [0.1, 0.15) is 10.4 Å². The standard InChI is InChI=1S/C15H14BrNO4/c1-20-10-4-5-11(13(18)8-10)15(19)17-12-7-9(16)3-6-14(12)21-2/h3-8,18H,1-2H3,(H,17,19). The Kier molecular flexibility index (Phi) is 4.70. The van der Waals surface area contributed by atoms with Crippen LogP contribution in [0.2, 0.25) is 0 Å². The number of anilines is 1. The van der Waals surface area contributed by atoms with Gasteiger partial charge in [0.25, 0.3) is 5.91 Å². The van der Waals surface area contributed by atoms with Crippen molar-refractivity contribution in [2.24, 2.45) is 0 Å². The lowest BCUT2D eigenvalue weighted by Gasteiger charge is -2.11. The maximum atomic E-state index is 12.2. The van der Waals surface area contributed by atoms with Gasteiger partial charge >= 0.3 is 0 Å². The Morgan fingerprint density at radius 3 is 2.52 bits per heavy atom. The van der Waals surface area contributed by atoms with Gasteiger partial charge in [-0.25, -0.2) is 0 Å². The Morgan fingerprint density at radius 2 is 1.90 bits per heavy atom. The van der Waals surface area contributed by atoms with E-state index in [1.165, 1.54) is 26.4 Å². The topological polar surface area (TPSA) is 67.8 Å². The first kappa shape index (κ1) is 15.2. The number of rotatable bonds is 4. The number of carbonyl (C=O) groups is 1. The second-order valence-corrected chi connectivity index (χ2v) is 5.10. The van der Waals surface area contributed by atoms with Gasteiger partial charge in [0.1, 0.15) is 17.2 Å². The summed E-state index contributed by atoms with van der Waals surface area (Å²) in [5, 5.41) is 12.6. The molecule has 0 spiro atoms. The molecule has 0 aliphatic carbocycles. The summed E-state index contributed by atoms with van der Waals surface area (Å²) in [7, 11) is 3.00. The molecule has 0 fully saturated rings. The summed E-state index contributed by atoms with van der Waals surface area (Å²) < 4.78 is 11.0. The summed E-state index contributed by atoms with van der Waals surface area (Å²) in [6.45, 7) is 0. The molecule has 1 amide bonds. The molecule has 0 radical (unpaired) electrons. The minimum Gasteiger partial charge on any atom is -0.507 e. The minimum atomic E-state index is -0.438. The molecule has 0 atom stereocenters. The van der Waals surface area contributed by atoms with Crippen LogP contribution in [0.15, 0.2) is 40.9 Å². The fourth-order valence-electron chi connectivity index (χ4n) is 1.80. The van der Waals surface area contributed by atoms with E-state index in [1.54, 1.807) is 24.3 Å². The lowest BCUT2D eigenvalue weighted by molar-refractivity contribution is 0.102. The van der Waals surface area contributed by atoms with E-state index in [9.17, 15) is 9.90 Å². The molecule has 0 saturated heterocycles. The van der Waals surface area contributed by atoms with Crippen molar-refractivity contribution >= 4 is 27.5 Å². The van der Waals surface area contributed by atoms with E-state index in [0.29, 0.717) is 17.2 Å². The smallest absolute Gasteiger partial charge is 0.259 e. The van der Waals surface area contributed by atoms with Crippen LogP contribution in [0.4, 0.5) is 5.69 Å². The van der Waals surface area contributed by atoms with Gasteiger partial charge in [-0.05, 0) is 30.3 Å². The van der Waals surface area contributed by atoms with Crippen molar-refractivity contribution in [3.05, 3.63) is 46.4 Å². The van der Waals surface area contributed by atoms with Crippen LogP contribution in [0.3, 0.4) is 0 Å². The first-order valence-electron chi connectivity index (χ1n) is 6.07. The number of hydrogen-bond acceptors (Lipinski definition) is 4. The normalized spacial score (nSPS) is 10.0. The minimum absolute atomic E-state index is 0.151. The molecule has 0 aliphatic heterocycles. The lowest BCUT2D eigenvalue weighted by atomic mass is 10.1. The van der Waals surface area contributed by atoms with Crippen molar-refractivity contribution in [3.8, 4) is 17.2 Å². The fourth-order valence-corrected chi connectivity index (χ4v) is 2.16. The summed E-state index contributed by atoms with van der Waals surface area (Å²) in [5.41, 5.74) is 0.657. The van der Waals surface area contributed by atoms with Gasteiger partial charge in [0.05, 0.1) is 25.5 Å². The molecule has 6 heteroatoms. The van der Waals surface area contributed by atoms with Gasteiger partial charge in [0.2, 0.25) is 0 Å². The van der Waals surface area contributed by atoms with E-state index in [1.807, 2.05) is 0 Å². The number of nitrogens with one attached hydrogen (secondary N) is 1. The first-order valence-corrected chi connectivity index (χ1v) is 6.86. The van der Waals surface area contributed by atoms with Gasteiger partial charge in [-0.1, -0.05) is 15.9 Å². The maximum Gasteiger partial charge on any atom is 0.259 e. The zero-order valence-corrected chi connectivity index (χ0v) is 13.1. The van der Waals surface area contributed by atoms with E-state index in [2.05, 4.69) is 21.2 Å². The summed E-state index contributed by atoms with van der Waals surface area (Å²) in [4.78, 5) is 12.2. The van der Waals surface area contributed by atoms with E-state index in [-0.39, 0.29) is 11.3 Å². The Morgan fingerprint density at radius 1 is 1.14 bits per heavy atom. The quantitative estimate of drug-likeness (QED) is 0.885. The predicted octanol–water partition coefficient (Wildman–Crippen LogP) is 3.42. The predicted molar refractivity (Wildman–Crippen MR) is 83.3 cm³/mol. The van der Waals surface area contributed by atoms with Gasteiger partial charge in [-0.2, -0.15) is 0 Å². The number of aromatic hydroxyl groups is 1. The molecule has 2 rings (SSSR count). The third-order valence-electron chi connectivity index (χ3n) is 2.86. The molecule has 2 aromatic carbocycles. The van der Waals surface area contributed by atoms with E-state index in [0.717, 1.165) is 4.47 Å². The average molecular weight is 352 g/mol.